The number of nitrogen functional groups attached to an aromatic ring is 1. The molecule has 0 spiro atoms. The Morgan fingerprint density at radius 1 is 1.53 bits per heavy atom. The summed E-state index contributed by atoms with van der Waals surface area (Å²) in [5.41, 5.74) is 2.57. The van der Waals surface area contributed by atoms with E-state index in [2.05, 4.69) is 4.98 Å². The molecule has 0 unspecified atom stereocenters. The van der Waals surface area contributed by atoms with E-state index in [9.17, 15) is 9.18 Å². The highest BCUT2D eigenvalue weighted by atomic mass is 35.5. The lowest BCUT2D eigenvalue weighted by Crippen LogP contribution is -2.29. The molecule has 0 aliphatic carbocycles. The van der Waals surface area contributed by atoms with Gasteiger partial charge in [0.2, 0.25) is 0 Å². The smallest absolute Gasteiger partial charge is 0.267 e. The lowest BCUT2D eigenvalue weighted by Gasteiger charge is -1.99. The van der Waals surface area contributed by atoms with Crippen molar-refractivity contribution in [2.45, 2.75) is 0 Å². The number of carbonyl (C=O) groups is 1. The van der Waals surface area contributed by atoms with Crippen molar-refractivity contribution in [3.05, 3.63) is 34.7 Å². The van der Waals surface area contributed by atoms with Crippen LogP contribution in [-0.2, 0) is 0 Å². The van der Waals surface area contributed by atoms with E-state index in [1.165, 1.54) is 12.3 Å². The first kappa shape index (κ1) is 9.95. The SMILES string of the molecule is NNC(=O)c1c[nH]c2ccc(Cl)c(F)c12. The fraction of sp³-hybridized carbons (Fsp3) is 0. The molecule has 0 radical (unpaired) electrons. The van der Waals surface area contributed by atoms with Gasteiger partial charge >= 0.3 is 0 Å². The Kier molecular flexibility index (Phi) is 2.34. The molecule has 15 heavy (non-hydrogen) atoms. The molecule has 4 nitrogen and oxygen atoms in total. The molecule has 0 saturated carbocycles. The van der Waals surface area contributed by atoms with Crippen molar-refractivity contribution in [1.82, 2.24) is 10.4 Å². The minimum atomic E-state index is -0.631. The Morgan fingerprint density at radius 2 is 2.27 bits per heavy atom. The van der Waals surface area contributed by atoms with Crippen molar-refractivity contribution in [2.24, 2.45) is 5.84 Å². The fourth-order valence-electron chi connectivity index (χ4n) is 1.41. The maximum atomic E-state index is 13.6. The first-order chi connectivity index (χ1) is 7.15. The van der Waals surface area contributed by atoms with Gasteiger partial charge in [-0.1, -0.05) is 11.6 Å². The second-order valence-corrected chi connectivity index (χ2v) is 3.37. The molecule has 0 saturated heterocycles. The van der Waals surface area contributed by atoms with Gasteiger partial charge in [-0.15, -0.1) is 0 Å². The third kappa shape index (κ3) is 1.45. The van der Waals surface area contributed by atoms with Crippen LogP contribution in [0.15, 0.2) is 18.3 Å². The van der Waals surface area contributed by atoms with Gasteiger partial charge in [-0.2, -0.15) is 0 Å². The first-order valence-corrected chi connectivity index (χ1v) is 4.49. The number of benzene rings is 1. The van der Waals surface area contributed by atoms with Crippen molar-refractivity contribution in [3.8, 4) is 0 Å². The van der Waals surface area contributed by atoms with Gasteiger partial charge in [-0.05, 0) is 12.1 Å². The van der Waals surface area contributed by atoms with Crippen LogP contribution in [0.25, 0.3) is 10.9 Å². The Labute approximate surface area is 89.2 Å². The second kappa shape index (κ2) is 3.52. The van der Waals surface area contributed by atoms with E-state index in [0.29, 0.717) is 5.52 Å². The normalized spacial score (nSPS) is 10.6. The first-order valence-electron chi connectivity index (χ1n) is 4.11. The molecule has 0 aliphatic rings. The zero-order valence-electron chi connectivity index (χ0n) is 7.47. The van der Waals surface area contributed by atoms with Crippen LogP contribution in [0.4, 0.5) is 4.39 Å². The van der Waals surface area contributed by atoms with Gasteiger partial charge in [0.1, 0.15) is 0 Å². The van der Waals surface area contributed by atoms with E-state index in [0.717, 1.165) is 0 Å². The van der Waals surface area contributed by atoms with Crippen LogP contribution in [0.5, 0.6) is 0 Å². The molecule has 0 bridgehead atoms. The van der Waals surface area contributed by atoms with Gasteiger partial charge in [0, 0.05) is 17.1 Å². The third-order valence-corrected chi connectivity index (χ3v) is 2.40. The average Bonchev–Trinajstić information content (AvgIpc) is 2.67. The maximum Gasteiger partial charge on any atom is 0.267 e. The van der Waals surface area contributed by atoms with Gasteiger partial charge in [0.15, 0.2) is 5.82 Å². The number of amides is 1. The highest BCUT2D eigenvalue weighted by Gasteiger charge is 2.16. The van der Waals surface area contributed by atoms with Crippen LogP contribution in [0, 0.1) is 5.82 Å². The zero-order chi connectivity index (χ0) is 11.0. The number of hydrogen-bond acceptors (Lipinski definition) is 2. The van der Waals surface area contributed by atoms with Gasteiger partial charge < -0.3 is 4.98 Å². The molecule has 0 fully saturated rings. The van der Waals surface area contributed by atoms with Crippen molar-refractivity contribution < 1.29 is 9.18 Å². The number of hydrogen-bond donors (Lipinski definition) is 3. The molecule has 78 valence electrons. The highest BCUT2D eigenvalue weighted by molar-refractivity contribution is 6.31. The summed E-state index contributed by atoms with van der Waals surface area (Å²) in [4.78, 5) is 14.0. The summed E-state index contributed by atoms with van der Waals surface area (Å²) in [5, 5.41) is 0.110. The largest absolute Gasteiger partial charge is 0.360 e. The molecular weight excluding hydrogens is 221 g/mol. The summed E-state index contributed by atoms with van der Waals surface area (Å²) in [6, 6.07) is 3.01. The van der Waals surface area contributed by atoms with Crippen LogP contribution >= 0.6 is 11.6 Å². The number of aromatic nitrogens is 1. The summed E-state index contributed by atoms with van der Waals surface area (Å²) >= 11 is 5.61. The Hall–Kier alpha value is -1.59. The Morgan fingerprint density at radius 3 is 2.93 bits per heavy atom. The van der Waals surface area contributed by atoms with Gasteiger partial charge in [-0.3, -0.25) is 10.2 Å². The number of hydrazine groups is 1. The third-order valence-electron chi connectivity index (χ3n) is 2.11. The Bertz CT molecular complexity index is 537. The predicted molar refractivity (Wildman–Crippen MR) is 54.9 cm³/mol. The molecule has 2 rings (SSSR count). The summed E-state index contributed by atoms with van der Waals surface area (Å²) in [6.45, 7) is 0. The van der Waals surface area contributed by atoms with E-state index in [-0.39, 0.29) is 16.0 Å². The number of nitrogens with one attached hydrogen (secondary N) is 2. The second-order valence-electron chi connectivity index (χ2n) is 2.96. The number of fused-ring (bicyclic) bond motifs is 1. The summed E-state index contributed by atoms with van der Waals surface area (Å²) < 4.78 is 13.6. The molecule has 1 aromatic carbocycles. The van der Waals surface area contributed by atoms with Crippen LogP contribution in [0.2, 0.25) is 5.02 Å². The lowest BCUT2D eigenvalue weighted by atomic mass is 10.1. The Balaban J connectivity index is 2.77. The summed E-state index contributed by atoms with van der Waals surface area (Å²) in [7, 11) is 0. The number of H-pyrrole nitrogens is 1. The quantitative estimate of drug-likeness (QED) is 0.393. The zero-order valence-corrected chi connectivity index (χ0v) is 8.23. The minimum Gasteiger partial charge on any atom is -0.360 e. The number of nitrogens with two attached hydrogens (primary N) is 1. The monoisotopic (exact) mass is 227 g/mol. The molecule has 2 aromatic rings. The molecular formula is C9H7ClFN3O. The molecule has 1 amide bonds. The molecule has 1 aromatic heterocycles. The van der Waals surface area contributed by atoms with Gasteiger partial charge in [0.25, 0.3) is 5.91 Å². The van der Waals surface area contributed by atoms with Crippen LogP contribution in [0.1, 0.15) is 10.4 Å². The topological polar surface area (TPSA) is 70.9 Å². The van der Waals surface area contributed by atoms with Crippen molar-refractivity contribution in [2.75, 3.05) is 0 Å². The van der Waals surface area contributed by atoms with Gasteiger partial charge in [-0.25, -0.2) is 10.2 Å². The lowest BCUT2D eigenvalue weighted by molar-refractivity contribution is 0.0955. The van der Waals surface area contributed by atoms with E-state index < -0.39 is 11.7 Å². The van der Waals surface area contributed by atoms with Crippen LogP contribution in [-0.4, -0.2) is 10.9 Å². The highest BCUT2D eigenvalue weighted by Crippen LogP contribution is 2.26. The molecule has 0 atom stereocenters. The number of rotatable bonds is 1. The number of halogens is 2. The summed E-state index contributed by atoms with van der Waals surface area (Å²) in [5.74, 6) is 3.78. The molecule has 0 aliphatic heterocycles. The average molecular weight is 228 g/mol. The molecule has 1 heterocycles. The van der Waals surface area contributed by atoms with Crippen molar-refractivity contribution in [1.29, 1.82) is 0 Å². The molecule has 6 heteroatoms. The van der Waals surface area contributed by atoms with Crippen molar-refractivity contribution >= 4 is 28.4 Å². The molecule has 4 N–H and O–H groups in total. The van der Waals surface area contributed by atoms with Crippen LogP contribution in [0.3, 0.4) is 0 Å². The van der Waals surface area contributed by atoms with Gasteiger partial charge in [0.05, 0.1) is 10.6 Å². The van der Waals surface area contributed by atoms with E-state index in [1.807, 2.05) is 5.43 Å². The van der Waals surface area contributed by atoms with Crippen LogP contribution < -0.4 is 11.3 Å². The number of carbonyl (C=O) groups excluding carboxylic acids is 1. The fourth-order valence-corrected chi connectivity index (χ4v) is 1.57. The van der Waals surface area contributed by atoms with E-state index in [4.69, 9.17) is 17.4 Å². The standard InChI is InChI=1S/C9H7ClFN3O/c10-5-1-2-6-7(8(5)11)4(3-13-6)9(15)14-12/h1-3,13H,12H2,(H,14,15). The van der Waals surface area contributed by atoms with E-state index in [1.54, 1.807) is 6.07 Å². The van der Waals surface area contributed by atoms with Crippen molar-refractivity contribution in [3.63, 3.8) is 0 Å². The maximum absolute atomic E-state index is 13.6. The minimum absolute atomic E-state index is 0.0341. The summed E-state index contributed by atoms with van der Waals surface area (Å²) in [6.07, 6.45) is 1.38. The predicted octanol–water partition coefficient (Wildman–Crippen LogP) is 1.56. The number of aromatic amines is 1. The van der Waals surface area contributed by atoms with E-state index >= 15 is 0 Å².